The van der Waals surface area contributed by atoms with Crippen LogP contribution in [0.3, 0.4) is 0 Å². The second-order valence-electron chi connectivity index (χ2n) is 3.94. The number of aromatic nitrogens is 2. The minimum Gasteiger partial charge on any atom is -0.496 e. The zero-order valence-corrected chi connectivity index (χ0v) is 10.1. The first-order valence-electron chi connectivity index (χ1n) is 5.49. The Morgan fingerprint density at radius 3 is 2.94 bits per heavy atom. The minimum absolute atomic E-state index is 0.0544. The lowest BCUT2D eigenvalue weighted by Crippen LogP contribution is -2.05. The van der Waals surface area contributed by atoms with Crippen molar-refractivity contribution in [2.75, 3.05) is 7.11 Å². The third-order valence-electron chi connectivity index (χ3n) is 2.72. The van der Waals surface area contributed by atoms with E-state index in [0.717, 1.165) is 11.3 Å². The molecule has 0 atom stereocenters. The van der Waals surface area contributed by atoms with Crippen LogP contribution >= 0.6 is 0 Å². The van der Waals surface area contributed by atoms with Gasteiger partial charge in [-0.15, -0.1) is 0 Å². The van der Waals surface area contributed by atoms with E-state index in [-0.39, 0.29) is 6.61 Å². The van der Waals surface area contributed by atoms with Gasteiger partial charge in [-0.25, -0.2) is 4.98 Å². The highest BCUT2D eigenvalue weighted by Crippen LogP contribution is 2.21. The molecule has 0 saturated heterocycles. The third kappa shape index (κ3) is 2.47. The molecule has 4 nitrogen and oxygen atoms in total. The monoisotopic (exact) mass is 232 g/mol. The maximum atomic E-state index is 9.15. The number of nitrogens with zero attached hydrogens (tertiary/aromatic N) is 2. The van der Waals surface area contributed by atoms with Gasteiger partial charge in [-0.3, -0.25) is 0 Å². The largest absolute Gasteiger partial charge is 0.496 e. The summed E-state index contributed by atoms with van der Waals surface area (Å²) in [6.07, 6.45) is 3.54. The predicted molar refractivity (Wildman–Crippen MR) is 65.0 cm³/mol. The molecular formula is C13H16N2O2. The Morgan fingerprint density at radius 1 is 1.41 bits per heavy atom. The van der Waals surface area contributed by atoms with Gasteiger partial charge in [0.25, 0.3) is 0 Å². The molecule has 0 aliphatic rings. The van der Waals surface area contributed by atoms with Crippen LogP contribution in [0.25, 0.3) is 0 Å². The molecule has 1 aromatic heterocycles. The van der Waals surface area contributed by atoms with E-state index in [2.05, 4.69) is 11.1 Å². The molecule has 0 fully saturated rings. The average Bonchev–Trinajstić information content (AvgIpc) is 2.77. The van der Waals surface area contributed by atoms with Crippen molar-refractivity contribution < 1.29 is 9.84 Å². The normalized spacial score (nSPS) is 10.5. The summed E-state index contributed by atoms with van der Waals surface area (Å²) in [4.78, 5) is 4.08. The van der Waals surface area contributed by atoms with Gasteiger partial charge in [-0.2, -0.15) is 0 Å². The van der Waals surface area contributed by atoms with Crippen molar-refractivity contribution in [2.24, 2.45) is 0 Å². The first-order chi connectivity index (χ1) is 8.24. The van der Waals surface area contributed by atoms with Gasteiger partial charge < -0.3 is 14.4 Å². The van der Waals surface area contributed by atoms with Crippen molar-refractivity contribution >= 4 is 0 Å². The van der Waals surface area contributed by atoms with Crippen molar-refractivity contribution in [2.45, 2.75) is 20.1 Å². The quantitative estimate of drug-likeness (QED) is 0.873. The van der Waals surface area contributed by atoms with Crippen LogP contribution in [-0.2, 0) is 13.2 Å². The highest BCUT2D eigenvalue weighted by atomic mass is 16.5. The molecule has 0 saturated carbocycles. The van der Waals surface area contributed by atoms with Crippen LogP contribution in [0.15, 0.2) is 30.6 Å². The van der Waals surface area contributed by atoms with Crippen LogP contribution in [0.4, 0.5) is 0 Å². The Balaban J connectivity index is 2.32. The highest BCUT2D eigenvalue weighted by Gasteiger charge is 2.07. The average molecular weight is 232 g/mol. The maximum Gasteiger partial charge on any atom is 0.134 e. The SMILES string of the molecule is COc1ccc(C)cc1Cn1ccnc1CO. The van der Waals surface area contributed by atoms with Gasteiger partial charge in [0, 0.05) is 18.0 Å². The van der Waals surface area contributed by atoms with Crippen LogP contribution in [-0.4, -0.2) is 21.8 Å². The summed E-state index contributed by atoms with van der Waals surface area (Å²) in [5, 5.41) is 9.15. The molecule has 0 unspecified atom stereocenters. The fourth-order valence-electron chi connectivity index (χ4n) is 1.85. The smallest absolute Gasteiger partial charge is 0.134 e. The molecule has 2 aromatic rings. The Bertz CT molecular complexity index is 506. The number of aryl methyl sites for hydroxylation is 1. The molecule has 0 aliphatic heterocycles. The van der Waals surface area contributed by atoms with Crippen LogP contribution in [0.1, 0.15) is 17.0 Å². The molecule has 2 rings (SSSR count). The summed E-state index contributed by atoms with van der Waals surface area (Å²) in [6, 6.07) is 6.06. The maximum absolute atomic E-state index is 9.15. The molecule has 1 N–H and O–H groups in total. The van der Waals surface area contributed by atoms with E-state index in [1.807, 2.05) is 29.8 Å². The Morgan fingerprint density at radius 2 is 2.24 bits per heavy atom. The fraction of sp³-hybridized carbons (Fsp3) is 0.308. The van der Waals surface area contributed by atoms with E-state index in [1.54, 1.807) is 13.3 Å². The van der Waals surface area contributed by atoms with Crippen molar-refractivity contribution in [1.29, 1.82) is 0 Å². The number of methoxy groups -OCH3 is 1. The van der Waals surface area contributed by atoms with Gasteiger partial charge >= 0.3 is 0 Å². The third-order valence-corrected chi connectivity index (χ3v) is 2.72. The minimum atomic E-state index is -0.0544. The van der Waals surface area contributed by atoms with Crippen LogP contribution in [0, 0.1) is 6.92 Å². The lowest BCUT2D eigenvalue weighted by molar-refractivity contribution is 0.266. The molecule has 0 aliphatic carbocycles. The molecule has 0 amide bonds. The topological polar surface area (TPSA) is 47.3 Å². The van der Waals surface area contributed by atoms with Crippen LogP contribution in [0.2, 0.25) is 0 Å². The van der Waals surface area contributed by atoms with Gasteiger partial charge in [0.05, 0.1) is 13.7 Å². The number of benzene rings is 1. The summed E-state index contributed by atoms with van der Waals surface area (Å²) in [5.41, 5.74) is 2.27. The van der Waals surface area contributed by atoms with Crippen molar-refractivity contribution in [3.05, 3.63) is 47.5 Å². The van der Waals surface area contributed by atoms with E-state index in [0.29, 0.717) is 12.4 Å². The molecule has 1 heterocycles. The van der Waals surface area contributed by atoms with Crippen molar-refractivity contribution in [3.8, 4) is 5.75 Å². The summed E-state index contributed by atoms with van der Waals surface area (Å²) in [5.74, 6) is 1.52. The Labute approximate surface area is 100 Å². The zero-order chi connectivity index (χ0) is 12.3. The van der Waals surface area contributed by atoms with Gasteiger partial charge in [0.1, 0.15) is 18.2 Å². The number of aliphatic hydroxyl groups excluding tert-OH is 1. The predicted octanol–water partition coefficient (Wildman–Crippen LogP) is 1.74. The molecule has 1 aromatic carbocycles. The van der Waals surface area contributed by atoms with Gasteiger partial charge in [0.2, 0.25) is 0 Å². The van der Waals surface area contributed by atoms with E-state index in [9.17, 15) is 0 Å². The number of ether oxygens (including phenoxy) is 1. The Hall–Kier alpha value is -1.81. The molecule has 4 heteroatoms. The van der Waals surface area contributed by atoms with E-state index < -0.39 is 0 Å². The van der Waals surface area contributed by atoms with E-state index in [1.165, 1.54) is 5.56 Å². The van der Waals surface area contributed by atoms with E-state index in [4.69, 9.17) is 9.84 Å². The molecule has 0 spiro atoms. The van der Waals surface area contributed by atoms with Crippen LogP contribution < -0.4 is 4.74 Å². The molecule has 90 valence electrons. The first kappa shape index (κ1) is 11.7. The van der Waals surface area contributed by atoms with E-state index >= 15 is 0 Å². The lowest BCUT2D eigenvalue weighted by Gasteiger charge is -2.11. The number of hydrogen-bond donors (Lipinski definition) is 1. The van der Waals surface area contributed by atoms with Gasteiger partial charge in [-0.05, 0) is 13.0 Å². The number of imidazole rings is 1. The molecule has 0 radical (unpaired) electrons. The summed E-state index contributed by atoms with van der Waals surface area (Å²) < 4.78 is 7.24. The summed E-state index contributed by atoms with van der Waals surface area (Å²) in [6.45, 7) is 2.64. The lowest BCUT2D eigenvalue weighted by atomic mass is 10.1. The number of rotatable bonds is 4. The van der Waals surface area contributed by atoms with Crippen LogP contribution in [0.5, 0.6) is 5.75 Å². The Kier molecular flexibility index (Phi) is 3.44. The highest BCUT2D eigenvalue weighted by molar-refractivity contribution is 5.37. The summed E-state index contributed by atoms with van der Waals surface area (Å²) >= 11 is 0. The second kappa shape index (κ2) is 5.01. The summed E-state index contributed by atoms with van der Waals surface area (Å²) in [7, 11) is 1.66. The zero-order valence-electron chi connectivity index (χ0n) is 10.1. The van der Waals surface area contributed by atoms with Gasteiger partial charge in [0.15, 0.2) is 0 Å². The number of hydrogen-bond acceptors (Lipinski definition) is 3. The molecular weight excluding hydrogens is 216 g/mol. The molecule has 17 heavy (non-hydrogen) atoms. The number of aliphatic hydroxyl groups is 1. The first-order valence-corrected chi connectivity index (χ1v) is 5.49. The second-order valence-corrected chi connectivity index (χ2v) is 3.94. The fourth-order valence-corrected chi connectivity index (χ4v) is 1.85. The molecule has 0 bridgehead atoms. The van der Waals surface area contributed by atoms with Gasteiger partial charge in [-0.1, -0.05) is 17.7 Å². The van der Waals surface area contributed by atoms with Crippen molar-refractivity contribution in [1.82, 2.24) is 9.55 Å². The van der Waals surface area contributed by atoms with Crippen molar-refractivity contribution in [3.63, 3.8) is 0 Å². The standard InChI is InChI=1S/C13H16N2O2/c1-10-3-4-12(17-2)11(7-10)8-15-6-5-14-13(15)9-16/h3-7,16H,8-9H2,1-2H3.